The van der Waals surface area contributed by atoms with Crippen LogP contribution in [0, 0.1) is 0 Å². The Morgan fingerprint density at radius 2 is 0.837 bits per heavy atom. The number of hydrogen-bond acceptors (Lipinski definition) is 7. The number of benzene rings is 4. The summed E-state index contributed by atoms with van der Waals surface area (Å²) in [4.78, 5) is 36.9. The standard InChI is InChI=1S/C33H21N9.Cu/c34-16-17-8-7-15-24-25(17)33-41-31-23-14-6-5-13-22(23)29(39-31)37-27-19-10-2-1-9-18(19)26(35-27)36-28-20-11-3-4-12-21(20)30(38-28)40-32(24)42-33;/h1-15H,16,34H2,(H2,35,36,37,38,39,40,41,42);. The smallest absolute Gasteiger partial charge is 0.164 e. The van der Waals surface area contributed by atoms with E-state index in [4.69, 9.17) is 35.6 Å². The third-order valence-electron chi connectivity index (χ3n) is 7.89. The van der Waals surface area contributed by atoms with E-state index in [2.05, 4.69) is 9.97 Å². The molecule has 10 heteroatoms. The summed E-state index contributed by atoms with van der Waals surface area (Å²) >= 11 is 0. The number of fused-ring (bicyclic) bond motifs is 20. The summed E-state index contributed by atoms with van der Waals surface area (Å²) in [6, 6.07) is 30.1. The van der Waals surface area contributed by atoms with E-state index >= 15 is 0 Å². The summed E-state index contributed by atoms with van der Waals surface area (Å²) in [5.74, 6) is 2.30. The summed E-state index contributed by atoms with van der Waals surface area (Å²) < 4.78 is 0. The Kier molecular flexibility index (Phi) is 5.70. The van der Waals surface area contributed by atoms with Gasteiger partial charge in [-0.05, 0) is 5.56 Å². The predicted molar refractivity (Wildman–Crippen MR) is 164 cm³/mol. The average molecular weight is 607 g/mol. The van der Waals surface area contributed by atoms with E-state index in [0.717, 1.165) is 49.4 Å². The van der Waals surface area contributed by atoms with Gasteiger partial charge in [-0.3, -0.25) is 0 Å². The van der Waals surface area contributed by atoms with Crippen molar-refractivity contribution >= 4 is 44.1 Å². The van der Waals surface area contributed by atoms with Gasteiger partial charge in [0.15, 0.2) is 23.3 Å². The Morgan fingerprint density at radius 1 is 0.442 bits per heavy atom. The molecule has 0 atom stereocenters. The molecule has 0 spiro atoms. The molecule has 0 amide bonds. The van der Waals surface area contributed by atoms with Crippen LogP contribution in [0.15, 0.2) is 91.0 Å². The van der Waals surface area contributed by atoms with Gasteiger partial charge in [0.1, 0.15) is 22.6 Å². The Balaban J connectivity index is 0.00000278. The average Bonchev–Trinajstić information content (AvgIpc) is 3.76. The van der Waals surface area contributed by atoms with Crippen molar-refractivity contribution in [1.29, 1.82) is 0 Å². The summed E-state index contributed by atoms with van der Waals surface area (Å²) in [6.07, 6.45) is 0. The first-order valence-electron chi connectivity index (χ1n) is 13.7. The van der Waals surface area contributed by atoms with Crippen molar-refractivity contribution in [2.45, 2.75) is 6.54 Å². The SMILES string of the molecule is NCc1cccc2c3nc4nc(nc5[nH]c(nc6nc(nc([nH]3)c12)-c1ccccc1-6)c1ccccc51)-c1ccccc1-4.[Cu]. The van der Waals surface area contributed by atoms with Gasteiger partial charge in [0, 0.05) is 67.4 Å². The van der Waals surface area contributed by atoms with Crippen LogP contribution in [-0.4, -0.2) is 39.9 Å². The van der Waals surface area contributed by atoms with Crippen molar-refractivity contribution in [3.8, 4) is 45.6 Å². The molecular weight excluding hydrogens is 586 g/mol. The molecule has 0 saturated heterocycles. The van der Waals surface area contributed by atoms with E-state index in [1.54, 1.807) is 0 Å². The summed E-state index contributed by atoms with van der Waals surface area (Å²) in [7, 11) is 0. The maximum absolute atomic E-state index is 6.20. The Labute approximate surface area is 254 Å². The molecule has 0 fully saturated rings. The minimum absolute atomic E-state index is 0. The number of aromatic amines is 2. The number of rotatable bonds is 1. The summed E-state index contributed by atoms with van der Waals surface area (Å²) in [6.45, 7) is 0.357. The van der Waals surface area contributed by atoms with Crippen LogP contribution in [0.2, 0.25) is 0 Å². The van der Waals surface area contributed by atoms with Crippen LogP contribution < -0.4 is 5.73 Å². The van der Waals surface area contributed by atoms with Crippen LogP contribution >= 0.6 is 0 Å². The van der Waals surface area contributed by atoms with Gasteiger partial charge < -0.3 is 15.7 Å². The topological polar surface area (TPSA) is 135 Å². The molecular formula is C33H21CuN9. The molecule has 0 unspecified atom stereocenters. The minimum Gasteiger partial charge on any atom is -0.326 e. The van der Waals surface area contributed by atoms with Crippen LogP contribution in [0.5, 0.6) is 0 Å². The van der Waals surface area contributed by atoms with Gasteiger partial charge in [-0.15, -0.1) is 0 Å². The van der Waals surface area contributed by atoms with E-state index in [-0.39, 0.29) is 17.1 Å². The number of nitrogens with one attached hydrogen (secondary N) is 2. The first kappa shape index (κ1) is 25.4. The molecule has 43 heavy (non-hydrogen) atoms. The van der Waals surface area contributed by atoms with Gasteiger partial charge >= 0.3 is 0 Å². The molecule has 2 aliphatic rings. The minimum atomic E-state index is 0. The normalized spacial score (nSPS) is 11.7. The molecule has 209 valence electrons. The molecule has 4 aromatic carbocycles. The fourth-order valence-electron chi connectivity index (χ4n) is 5.93. The molecule has 0 saturated carbocycles. The van der Waals surface area contributed by atoms with Crippen LogP contribution in [-0.2, 0) is 23.6 Å². The van der Waals surface area contributed by atoms with Crippen molar-refractivity contribution in [2.75, 3.05) is 0 Å². The number of H-pyrrole nitrogens is 2. The van der Waals surface area contributed by atoms with E-state index in [9.17, 15) is 0 Å². The number of aromatic nitrogens is 8. The number of nitrogens with zero attached hydrogens (tertiary/aromatic N) is 6. The molecule has 9 rings (SSSR count). The van der Waals surface area contributed by atoms with Crippen LogP contribution in [0.3, 0.4) is 0 Å². The molecule has 9 nitrogen and oxygen atoms in total. The second kappa shape index (κ2) is 9.64. The molecule has 4 N–H and O–H groups in total. The van der Waals surface area contributed by atoms with Gasteiger partial charge in [-0.1, -0.05) is 91.0 Å². The zero-order valence-corrected chi connectivity index (χ0v) is 23.4. The van der Waals surface area contributed by atoms with Crippen LogP contribution in [0.25, 0.3) is 89.7 Å². The second-order valence-electron chi connectivity index (χ2n) is 10.3. The third kappa shape index (κ3) is 3.81. The number of nitrogens with two attached hydrogens (primary N) is 1. The van der Waals surface area contributed by atoms with E-state index in [1.807, 2.05) is 91.0 Å². The van der Waals surface area contributed by atoms with Crippen molar-refractivity contribution < 1.29 is 17.1 Å². The Hall–Kier alpha value is -5.28. The van der Waals surface area contributed by atoms with Crippen molar-refractivity contribution in [1.82, 2.24) is 39.9 Å². The zero-order valence-electron chi connectivity index (χ0n) is 22.4. The van der Waals surface area contributed by atoms with Crippen molar-refractivity contribution in [3.05, 3.63) is 96.6 Å². The summed E-state index contributed by atoms with van der Waals surface area (Å²) in [5, 5.41) is 3.71. The fourth-order valence-corrected chi connectivity index (χ4v) is 5.93. The molecule has 8 bridgehead atoms. The molecule has 1 radical (unpaired) electrons. The van der Waals surface area contributed by atoms with Gasteiger partial charge in [0.05, 0.1) is 0 Å². The molecule has 0 aliphatic carbocycles. The molecule has 5 heterocycles. The van der Waals surface area contributed by atoms with Crippen molar-refractivity contribution in [2.24, 2.45) is 5.73 Å². The molecule has 3 aromatic heterocycles. The fraction of sp³-hybridized carbons (Fsp3) is 0.0303. The van der Waals surface area contributed by atoms with E-state index in [1.165, 1.54) is 0 Å². The van der Waals surface area contributed by atoms with E-state index < -0.39 is 0 Å². The monoisotopic (exact) mass is 606 g/mol. The Morgan fingerprint density at radius 3 is 1.33 bits per heavy atom. The summed E-state index contributed by atoms with van der Waals surface area (Å²) in [5.41, 5.74) is 13.4. The van der Waals surface area contributed by atoms with Gasteiger partial charge in [0.25, 0.3) is 0 Å². The van der Waals surface area contributed by atoms with Gasteiger partial charge in [-0.2, -0.15) is 0 Å². The maximum Gasteiger partial charge on any atom is 0.164 e. The predicted octanol–water partition coefficient (Wildman–Crippen LogP) is 6.33. The Bertz CT molecular complexity index is 2420. The first-order chi connectivity index (χ1) is 20.7. The first-order valence-corrected chi connectivity index (χ1v) is 13.7. The van der Waals surface area contributed by atoms with Crippen LogP contribution in [0.1, 0.15) is 5.56 Å². The van der Waals surface area contributed by atoms with Gasteiger partial charge in [0.2, 0.25) is 0 Å². The largest absolute Gasteiger partial charge is 0.326 e. The maximum atomic E-state index is 6.20. The quantitative estimate of drug-likeness (QED) is 0.186. The second-order valence-corrected chi connectivity index (χ2v) is 10.3. The van der Waals surface area contributed by atoms with Crippen molar-refractivity contribution in [3.63, 3.8) is 0 Å². The zero-order chi connectivity index (χ0) is 27.8. The van der Waals surface area contributed by atoms with E-state index in [0.29, 0.717) is 52.4 Å². The van der Waals surface area contributed by atoms with Crippen LogP contribution in [0.4, 0.5) is 0 Å². The number of hydrogen-bond donors (Lipinski definition) is 3. The third-order valence-corrected chi connectivity index (χ3v) is 7.89. The van der Waals surface area contributed by atoms with Gasteiger partial charge in [-0.25, -0.2) is 29.9 Å². The molecule has 2 aliphatic heterocycles. The molecule has 7 aromatic rings.